The van der Waals surface area contributed by atoms with Crippen LogP contribution in [0.3, 0.4) is 0 Å². The third kappa shape index (κ3) is 2.65. The lowest BCUT2D eigenvalue weighted by molar-refractivity contribution is -0.125. The molecule has 2 aromatic rings. The summed E-state index contributed by atoms with van der Waals surface area (Å²) in [7, 11) is 0. The van der Waals surface area contributed by atoms with Crippen molar-refractivity contribution in [3.8, 4) is 0 Å². The van der Waals surface area contributed by atoms with Crippen molar-refractivity contribution in [1.29, 1.82) is 0 Å². The van der Waals surface area contributed by atoms with Gasteiger partial charge in [-0.1, -0.05) is 19.1 Å². The van der Waals surface area contributed by atoms with Crippen LogP contribution in [-0.2, 0) is 16.1 Å². The molecule has 27 heavy (non-hydrogen) atoms. The highest BCUT2D eigenvalue weighted by Crippen LogP contribution is 2.62. The SMILES string of the molecule is Cc1cc(C)n(CCNC(=O)[C@@H]2[C@@H]3C(=O)Nc4ccccc4C(=O)[C@]23C)n1. The molecule has 7 heteroatoms. The Kier molecular flexibility index (Phi) is 3.91. The molecule has 1 saturated carbocycles. The van der Waals surface area contributed by atoms with Gasteiger partial charge in [0.15, 0.2) is 5.78 Å². The van der Waals surface area contributed by atoms with Crippen molar-refractivity contribution < 1.29 is 14.4 Å². The lowest BCUT2D eigenvalue weighted by Crippen LogP contribution is -2.32. The van der Waals surface area contributed by atoms with Gasteiger partial charge in [-0.3, -0.25) is 19.1 Å². The molecule has 0 unspecified atom stereocenters. The number of amides is 2. The summed E-state index contributed by atoms with van der Waals surface area (Å²) in [6.45, 7) is 6.53. The Bertz CT molecular complexity index is 964. The minimum absolute atomic E-state index is 0.153. The average molecular weight is 366 g/mol. The Morgan fingerprint density at radius 3 is 2.74 bits per heavy atom. The number of nitrogens with zero attached hydrogens (tertiary/aromatic N) is 2. The quantitative estimate of drug-likeness (QED) is 0.861. The maximum absolute atomic E-state index is 13.0. The Morgan fingerprint density at radius 2 is 2.04 bits per heavy atom. The van der Waals surface area contributed by atoms with E-state index in [-0.39, 0.29) is 17.6 Å². The van der Waals surface area contributed by atoms with Crippen LogP contribution in [0.1, 0.15) is 28.7 Å². The van der Waals surface area contributed by atoms with Crippen molar-refractivity contribution in [2.45, 2.75) is 27.3 Å². The summed E-state index contributed by atoms with van der Waals surface area (Å²) in [5.74, 6) is -1.95. The zero-order chi connectivity index (χ0) is 19.3. The van der Waals surface area contributed by atoms with E-state index in [0.717, 1.165) is 11.4 Å². The van der Waals surface area contributed by atoms with Crippen molar-refractivity contribution in [2.24, 2.45) is 17.3 Å². The monoisotopic (exact) mass is 366 g/mol. The number of rotatable bonds is 4. The first-order chi connectivity index (χ1) is 12.8. The van der Waals surface area contributed by atoms with Crippen LogP contribution in [0.2, 0.25) is 0 Å². The second-order valence-corrected chi connectivity index (χ2v) is 7.54. The fourth-order valence-corrected chi connectivity index (χ4v) is 4.23. The van der Waals surface area contributed by atoms with Gasteiger partial charge in [0.1, 0.15) is 0 Å². The Balaban J connectivity index is 1.48. The molecule has 1 aliphatic heterocycles. The lowest BCUT2D eigenvalue weighted by atomic mass is 9.92. The summed E-state index contributed by atoms with van der Waals surface area (Å²) in [5.41, 5.74) is 1.95. The van der Waals surface area contributed by atoms with E-state index in [1.54, 1.807) is 31.2 Å². The fraction of sp³-hybridized carbons (Fsp3) is 0.400. The Morgan fingerprint density at radius 1 is 1.30 bits per heavy atom. The second-order valence-electron chi connectivity index (χ2n) is 7.54. The van der Waals surface area contributed by atoms with Crippen LogP contribution in [0.5, 0.6) is 0 Å². The smallest absolute Gasteiger partial charge is 0.229 e. The van der Waals surface area contributed by atoms with Crippen molar-refractivity contribution in [3.05, 3.63) is 47.3 Å². The number of Topliss-reactive ketones (excluding diaryl/α,β-unsaturated/α-hetero) is 1. The number of anilines is 1. The minimum Gasteiger partial charge on any atom is -0.354 e. The number of aryl methyl sites for hydroxylation is 2. The minimum atomic E-state index is -0.987. The lowest BCUT2D eigenvalue weighted by Gasteiger charge is -2.13. The van der Waals surface area contributed by atoms with Gasteiger partial charge in [0.25, 0.3) is 0 Å². The Hall–Kier alpha value is -2.96. The van der Waals surface area contributed by atoms with Gasteiger partial charge in [-0.15, -0.1) is 0 Å². The molecule has 2 N–H and O–H groups in total. The number of ketones is 1. The highest BCUT2D eigenvalue weighted by molar-refractivity contribution is 6.19. The normalized spacial score (nSPS) is 25.9. The van der Waals surface area contributed by atoms with Crippen LogP contribution < -0.4 is 10.6 Å². The number of carbonyl (C=O) groups excluding carboxylic acids is 3. The van der Waals surface area contributed by atoms with E-state index in [4.69, 9.17) is 0 Å². The molecule has 3 atom stereocenters. The van der Waals surface area contributed by atoms with E-state index >= 15 is 0 Å². The van der Waals surface area contributed by atoms with E-state index < -0.39 is 17.3 Å². The molecule has 2 amide bonds. The van der Waals surface area contributed by atoms with E-state index in [0.29, 0.717) is 24.3 Å². The maximum Gasteiger partial charge on any atom is 0.229 e. The molecular weight excluding hydrogens is 344 g/mol. The molecule has 0 bridgehead atoms. The molecule has 0 saturated heterocycles. The summed E-state index contributed by atoms with van der Waals surface area (Å²) in [6.07, 6.45) is 0. The molecule has 2 aliphatic rings. The van der Waals surface area contributed by atoms with Crippen LogP contribution in [0.4, 0.5) is 5.69 Å². The third-order valence-electron chi connectivity index (χ3n) is 5.73. The zero-order valence-electron chi connectivity index (χ0n) is 15.6. The summed E-state index contributed by atoms with van der Waals surface area (Å²) < 4.78 is 1.83. The van der Waals surface area contributed by atoms with Gasteiger partial charge in [-0.05, 0) is 32.0 Å². The van der Waals surface area contributed by atoms with Crippen molar-refractivity contribution >= 4 is 23.3 Å². The van der Waals surface area contributed by atoms with Gasteiger partial charge in [0, 0.05) is 17.8 Å². The number of aromatic nitrogens is 2. The number of nitrogens with one attached hydrogen (secondary N) is 2. The van der Waals surface area contributed by atoms with Gasteiger partial charge in [-0.2, -0.15) is 5.10 Å². The van der Waals surface area contributed by atoms with Crippen LogP contribution in [-0.4, -0.2) is 33.9 Å². The van der Waals surface area contributed by atoms with Crippen LogP contribution in [0.25, 0.3) is 0 Å². The summed E-state index contributed by atoms with van der Waals surface area (Å²) in [5, 5.41) is 10.0. The first-order valence-electron chi connectivity index (χ1n) is 9.07. The van der Waals surface area contributed by atoms with Crippen LogP contribution >= 0.6 is 0 Å². The molecular formula is C20H22N4O3. The molecule has 1 aliphatic carbocycles. The van der Waals surface area contributed by atoms with Crippen molar-refractivity contribution in [1.82, 2.24) is 15.1 Å². The summed E-state index contributed by atoms with van der Waals surface area (Å²) in [4.78, 5) is 38.3. The van der Waals surface area contributed by atoms with E-state index in [2.05, 4.69) is 15.7 Å². The van der Waals surface area contributed by atoms with Gasteiger partial charge in [0.2, 0.25) is 11.8 Å². The van der Waals surface area contributed by atoms with Gasteiger partial charge in [0.05, 0.1) is 35.2 Å². The largest absolute Gasteiger partial charge is 0.354 e. The zero-order valence-corrected chi connectivity index (χ0v) is 15.6. The number of hydrogen-bond donors (Lipinski definition) is 2. The standard InChI is InChI=1S/C20H22N4O3/c1-11-10-12(2)24(23-11)9-8-21-18(26)15-16-19(27)22-14-7-5-4-6-13(14)17(25)20(15,16)3/h4-7,10,15-16H,8-9H2,1-3H3,(H,21,26)(H,22,27)/t15-,16+,20+/m0/s1. The van der Waals surface area contributed by atoms with Crippen molar-refractivity contribution in [2.75, 3.05) is 11.9 Å². The van der Waals surface area contributed by atoms with Crippen molar-refractivity contribution in [3.63, 3.8) is 0 Å². The van der Waals surface area contributed by atoms with Crippen LogP contribution in [0.15, 0.2) is 30.3 Å². The van der Waals surface area contributed by atoms with E-state index in [9.17, 15) is 14.4 Å². The molecule has 7 nitrogen and oxygen atoms in total. The molecule has 0 spiro atoms. The molecule has 1 aromatic carbocycles. The number of hydrogen-bond acceptors (Lipinski definition) is 4. The van der Waals surface area contributed by atoms with Crippen LogP contribution in [0, 0.1) is 31.1 Å². The predicted octanol–water partition coefficient (Wildman–Crippen LogP) is 1.70. The number of fused-ring (bicyclic) bond motifs is 2. The molecule has 1 fully saturated rings. The van der Waals surface area contributed by atoms with E-state index in [1.807, 2.05) is 24.6 Å². The molecule has 140 valence electrons. The van der Waals surface area contributed by atoms with Gasteiger partial charge < -0.3 is 10.6 Å². The summed E-state index contributed by atoms with van der Waals surface area (Å²) >= 11 is 0. The third-order valence-corrected chi connectivity index (χ3v) is 5.73. The van der Waals surface area contributed by atoms with Gasteiger partial charge >= 0.3 is 0 Å². The Labute approximate surface area is 157 Å². The molecule has 0 radical (unpaired) electrons. The maximum atomic E-state index is 13.0. The number of para-hydroxylation sites is 1. The number of benzene rings is 1. The predicted molar refractivity (Wildman–Crippen MR) is 99.2 cm³/mol. The highest BCUT2D eigenvalue weighted by atomic mass is 16.2. The second kappa shape index (κ2) is 6.04. The fourth-order valence-electron chi connectivity index (χ4n) is 4.23. The highest BCUT2D eigenvalue weighted by Gasteiger charge is 2.73. The van der Waals surface area contributed by atoms with E-state index in [1.165, 1.54) is 0 Å². The average Bonchev–Trinajstić information content (AvgIpc) is 3.17. The first kappa shape index (κ1) is 17.5. The summed E-state index contributed by atoms with van der Waals surface area (Å²) in [6, 6.07) is 8.92. The first-order valence-corrected chi connectivity index (χ1v) is 9.07. The molecule has 2 heterocycles. The van der Waals surface area contributed by atoms with Gasteiger partial charge in [-0.25, -0.2) is 0 Å². The molecule has 4 rings (SSSR count). The topological polar surface area (TPSA) is 93.1 Å². The molecule has 1 aromatic heterocycles. The number of carbonyl (C=O) groups is 3.